The second-order valence-corrected chi connectivity index (χ2v) is 6.29. The average Bonchev–Trinajstić information content (AvgIpc) is 2.63. The van der Waals surface area contributed by atoms with Gasteiger partial charge >= 0.3 is 0 Å². The van der Waals surface area contributed by atoms with Gasteiger partial charge in [0.1, 0.15) is 5.03 Å². The zero-order chi connectivity index (χ0) is 16.9. The Kier molecular flexibility index (Phi) is 5.27. The Balaban J connectivity index is 1.65. The van der Waals surface area contributed by atoms with E-state index in [2.05, 4.69) is 20.3 Å². The Morgan fingerprint density at radius 1 is 1.29 bits per heavy atom. The first-order chi connectivity index (χ1) is 11.7. The second kappa shape index (κ2) is 7.59. The predicted octanol–water partition coefficient (Wildman–Crippen LogP) is 1.28. The number of carbonyl (C=O) groups excluding carboxylic acids is 1. The van der Waals surface area contributed by atoms with Crippen molar-refractivity contribution in [3.05, 3.63) is 42.4 Å². The first-order valence-electron chi connectivity index (χ1n) is 7.69. The van der Waals surface area contributed by atoms with Crippen LogP contribution in [0.5, 0.6) is 0 Å². The molecule has 3 heterocycles. The molecule has 24 heavy (non-hydrogen) atoms. The Hall–Kier alpha value is -2.19. The van der Waals surface area contributed by atoms with Crippen molar-refractivity contribution in [3.8, 4) is 0 Å². The highest BCUT2D eigenvalue weighted by Gasteiger charge is 2.31. The molecule has 0 saturated carbocycles. The maximum Gasteiger partial charge on any atom is 0.256 e. The number of nitrogens with zero attached hydrogens (tertiary/aromatic N) is 4. The maximum absolute atomic E-state index is 12.7. The van der Waals surface area contributed by atoms with Crippen molar-refractivity contribution in [3.63, 3.8) is 0 Å². The van der Waals surface area contributed by atoms with Crippen LogP contribution in [0.1, 0.15) is 16.8 Å². The Morgan fingerprint density at radius 3 is 2.75 bits per heavy atom. The molecule has 8 heteroatoms. The molecular formula is C16H19N5O2S. The van der Waals surface area contributed by atoms with Gasteiger partial charge < -0.3 is 15.3 Å². The van der Waals surface area contributed by atoms with Crippen molar-refractivity contribution in [2.75, 3.05) is 24.7 Å². The third-order valence-corrected chi connectivity index (χ3v) is 4.66. The molecule has 2 aromatic rings. The van der Waals surface area contributed by atoms with E-state index in [1.165, 1.54) is 11.8 Å². The molecule has 1 saturated heterocycles. The molecule has 0 spiro atoms. The summed E-state index contributed by atoms with van der Waals surface area (Å²) in [7, 11) is 0. The van der Waals surface area contributed by atoms with E-state index in [1.54, 1.807) is 41.7 Å². The van der Waals surface area contributed by atoms with Gasteiger partial charge in [0, 0.05) is 31.7 Å². The summed E-state index contributed by atoms with van der Waals surface area (Å²) in [5.41, 5.74) is 0.579. The van der Waals surface area contributed by atoms with Gasteiger partial charge in [-0.1, -0.05) is 0 Å². The van der Waals surface area contributed by atoms with E-state index >= 15 is 0 Å². The quantitative estimate of drug-likeness (QED) is 0.807. The lowest BCUT2D eigenvalue weighted by Gasteiger charge is -2.36. The minimum atomic E-state index is -0.680. The molecule has 2 aromatic heterocycles. The Bertz CT molecular complexity index is 700. The molecule has 3 rings (SSSR count). The molecule has 2 atom stereocenters. The summed E-state index contributed by atoms with van der Waals surface area (Å²) in [4.78, 5) is 26.8. The van der Waals surface area contributed by atoms with Crippen LogP contribution in [0.15, 0.2) is 41.8 Å². The van der Waals surface area contributed by atoms with E-state index in [1.807, 2.05) is 6.26 Å². The van der Waals surface area contributed by atoms with E-state index in [0.29, 0.717) is 29.5 Å². The molecule has 0 radical (unpaired) electrons. The van der Waals surface area contributed by atoms with Crippen molar-refractivity contribution in [2.45, 2.75) is 23.6 Å². The summed E-state index contributed by atoms with van der Waals surface area (Å²) in [6, 6.07) is 5.09. The molecule has 7 nitrogen and oxygen atoms in total. The third-order valence-electron chi connectivity index (χ3n) is 3.94. The SMILES string of the molecule is CSc1ncccc1C(=O)N1CCC(Nc2ncccn2)C(O)C1. The van der Waals surface area contributed by atoms with Gasteiger partial charge in [0.2, 0.25) is 5.95 Å². The third kappa shape index (κ3) is 3.65. The number of hydrogen-bond acceptors (Lipinski definition) is 7. The number of anilines is 1. The number of piperidine rings is 1. The fourth-order valence-electron chi connectivity index (χ4n) is 2.71. The Labute approximate surface area is 144 Å². The summed E-state index contributed by atoms with van der Waals surface area (Å²) >= 11 is 1.44. The van der Waals surface area contributed by atoms with Crippen molar-refractivity contribution < 1.29 is 9.90 Å². The van der Waals surface area contributed by atoms with Crippen LogP contribution >= 0.6 is 11.8 Å². The Morgan fingerprint density at radius 2 is 2.04 bits per heavy atom. The lowest BCUT2D eigenvalue weighted by atomic mass is 10.0. The highest BCUT2D eigenvalue weighted by molar-refractivity contribution is 7.98. The predicted molar refractivity (Wildman–Crippen MR) is 92.0 cm³/mol. The largest absolute Gasteiger partial charge is 0.389 e. The molecule has 2 unspecified atom stereocenters. The molecule has 1 aliphatic rings. The first-order valence-corrected chi connectivity index (χ1v) is 8.91. The number of aromatic nitrogens is 3. The fourth-order valence-corrected chi connectivity index (χ4v) is 3.25. The van der Waals surface area contributed by atoms with Crippen LogP contribution in [0.3, 0.4) is 0 Å². The normalized spacial score (nSPS) is 20.7. The van der Waals surface area contributed by atoms with Crippen LogP contribution in [-0.4, -0.2) is 62.4 Å². The lowest BCUT2D eigenvalue weighted by molar-refractivity contribution is 0.0422. The van der Waals surface area contributed by atoms with Crippen molar-refractivity contribution in [1.82, 2.24) is 19.9 Å². The minimum Gasteiger partial charge on any atom is -0.389 e. The van der Waals surface area contributed by atoms with Gasteiger partial charge in [-0.05, 0) is 30.9 Å². The van der Waals surface area contributed by atoms with Crippen LogP contribution < -0.4 is 5.32 Å². The van der Waals surface area contributed by atoms with Gasteiger partial charge in [0.05, 0.1) is 17.7 Å². The number of hydrogen-bond donors (Lipinski definition) is 2. The number of thioether (sulfide) groups is 1. The van der Waals surface area contributed by atoms with Gasteiger partial charge in [0.15, 0.2) is 0 Å². The lowest BCUT2D eigenvalue weighted by Crippen LogP contribution is -2.51. The van der Waals surface area contributed by atoms with Crippen molar-refractivity contribution in [1.29, 1.82) is 0 Å². The van der Waals surface area contributed by atoms with Gasteiger partial charge in [-0.3, -0.25) is 4.79 Å². The van der Waals surface area contributed by atoms with Crippen LogP contribution in [0.2, 0.25) is 0 Å². The highest BCUT2D eigenvalue weighted by Crippen LogP contribution is 2.22. The molecular weight excluding hydrogens is 326 g/mol. The van der Waals surface area contributed by atoms with E-state index in [9.17, 15) is 9.90 Å². The molecule has 2 N–H and O–H groups in total. The zero-order valence-electron chi connectivity index (χ0n) is 13.3. The second-order valence-electron chi connectivity index (χ2n) is 5.49. The number of likely N-dealkylation sites (tertiary alicyclic amines) is 1. The average molecular weight is 345 g/mol. The van der Waals surface area contributed by atoms with Crippen molar-refractivity contribution >= 4 is 23.6 Å². The molecule has 126 valence electrons. The summed E-state index contributed by atoms with van der Waals surface area (Å²) in [6.07, 6.45) is 6.80. The molecule has 0 aliphatic carbocycles. The van der Waals surface area contributed by atoms with Crippen LogP contribution in [0, 0.1) is 0 Å². The van der Waals surface area contributed by atoms with Gasteiger partial charge in [-0.25, -0.2) is 15.0 Å². The van der Waals surface area contributed by atoms with Crippen LogP contribution in [0.25, 0.3) is 0 Å². The number of amides is 1. The molecule has 0 bridgehead atoms. The van der Waals surface area contributed by atoms with Gasteiger partial charge in [0.25, 0.3) is 5.91 Å². The molecule has 1 aliphatic heterocycles. The monoisotopic (exact) mass is 345 g/mol. The zero-order valence-corrected chi connectivity index (χ0v) is 14.1. The molecule has 1 amide bonds. The summed E-state index contributed by atoms with van der Waals surface area (Å²) in [5, 5.41) is 14.2. The standard InChI is InChI=1S/C16H19N5O2S/c1-24-14-11(4-2-6-17-14)15(23)21-9-5-12(13(22)10-21)20-16-18-7-3-8-19-16/h2-4,6-8,12-13,22H,5,9-10H2,1H3,(H,18,19,20). The number of nitrogens with one attached hydrogen (secondary N) is 1. The molecule has 0 aromatic carbocycles. The summed E-state index contributed by atoms with van der Waals surface area (Å²) in [6.45, 7) is 0.829. The maximum atomic E-state index is 12.7. The minimum absolute atomic E-state index is 0.0964. The van der Waals surface area contributed by atoms with Crippen molar-refractivity contribution in [2.24, 2.45) is 0 Å². The smallest absolute Gasteiger partial charge is 0.256 e. The molecule has 1 fully saturated rings. The van der Waals surface area contributed by atoms with Gasteiger partial charge in [-0.15, -0.1) is 11.8 Å². The fraction of sp³-hybridized carbons (Fsp3) is 0.375. The number of aliphatic hydroxyl groups excluding tert-OH is 1. The van der Waals surface area contributed by atoms with Crippen LogP contribution in [-0.2, 0) is 0 Å². The highest BCUT2D eigenvalue weighted by atomic mass is 32.2. The summed E-state index contributed by atoms with van der Waals surface area (Å²) < 4.78 is 0. The number of rotatable bonds is 4. The number of aliphatic hydroxyl groups is 1. The topological polar surface area (TPSA) is 91.2 Å². The van der Waals surface area contributed by atoms with E-state index in [0.717, 1.165) is 0 Å². The number of β-amino-alcohol motifs (C(OH)–C–C–N with tert-alkyl or cyclic N) is 1. The van der Waals surface area contributed by atoms with Gasteiger partial charge in [-0.2, -0.15) is 0 Å². The van der Waals surface area contributed by atoms with E-state index in [4.69, 9.17) is 0 Å². The van der Waals surface area contributed by atoms with Crippen LogP contribution in [0.4, 0.5) is 5.95 Å². The summed E-state index contributed by atoms with van der Waals surface area (Å²) in [5.74, 6) is 0.388. The van der Waals surface area contributed by atoms with E-state index in [-0.39, 0.29) is 18.5 Å². The number of pyridine rings is 1. The van der Waals surface area contributed by atoms with E-state index < -0.39 is 6.10 Å². The first kappa shape index (κ1) is 16.7. The number of carbonyl (C=O) groups is 1.